The zero-order chi connectivity index (χ0) is 11.9. The van der Waals surface area contributed by atoms with Crippen molar-refractivity contribution in [2.45, 2.75) is 13.1 Å². The van der Waals surface area contributed by atoms with Crippen LogP contribution in [0.25, 0.3) is 15.7 Å². The summed E-state index contributed by atoms with van der Waals surface area (Å²) >= 11 is 0. The lowest BCUT2D eigenvalue weighted by Crippen LogP contribution is -2.05. The summed E-state index contributed by atoms with van der Waals surface area (Å²) in [6, 6.07) is 4.09. The molecule has 0 saturated heterocycles. The third kappa shape index (κ3) is 1.52. The van der Waals surface area contributed by atoms with Gasteiger partial charge < -0.3 is 4.98 Å². The predicted octanol–water partition coefficient (Wildman–Crippen LogP) is 4.05. The van der Waals surface area contributed by atoms with Crippen LogP contribution in [0.15, 0.2) is 18.2 Å². The molecule has 1 heterocycles. The Labute approximate surface area is 89.5 Å². The van der Waals surface area contributed by atoms with Crippen molar-refractivity contribution in [3.63, 3.8) is 0 Å². The number of H-pyrrole nitrogens is 1. The number of halogens is 3. The first-order valence-electron chi connectivity index (χ1n) is 4.50. The van der Waals surface area contributed by atoms with Gasteiger partial charge in [-0.15, -0.1) is 0 Å². The Bertz CT molecular complexity index is 588. The standard InChI is InChI=1S/C11H7F3N2/c1-6-5-7-8(16-6)3-4-9(15-2)10(7)11(12,13)14/h3-5,16H,1H3. The minimum atomic E-state index is -4.51. The summed E-state index contributed by atoms with van der Waals surface area (Å²) in [4.78, 5) is 5.73. The molecule has 0 radical (unpaired) electrons. The van der Waals surface area contributed by atoms with Gasteiger partial charge in [0.1, 0.15) is 0 Å². The Morgan fingerprint density at radius 1 is 1.31 bits per heavy atom. The normalized spacial score (nSPS) is 11.7. The van der Waals surface area contributed by atoms with E-state index < -0.39 is 11.7 Å². The van der Waals surface area contributed by atoms with Crippen LogP contribution in [-0.4, -0.2) is 4.98 Å². The van der Waals surface area contributed by atoms with Crippen molar-refractivity contribution >= 4 is 16.6 Å². The molecule has 82 valence electrons. The van der Waals surface area contributed by atoms with E-state index in [2.05, 4.69) is 9.83 Å². The lowest BCUT2D eigenvalue weighted by molar-refractivity contribution is -0.135. The summed E-state index contributed by atoms with van der Waals surface area (Å²) in [6.07, 6.45) is -4.51. The van der Waals surface area contributed by atoms with Crippen molar-refractivity contribution in [3.05, 3.63) is 40.9 Å². The molecule has 0 aliphatic rings. The number of nitrogens with one attached hydrogen (secondary N) is 1. The molecule has 0 aliphatic carbocycles. The number of benzene rings is 1. The Balaban J connectivity index is 2.90. The minimum Gasteiger partial charge on any atom is -0.359 e. The molecule has 0 fully saturated rings. The summed E-state index contributed by atoms with van der Waals surface area (Å²) in [5.41, 5.74) is -0.178. The summed E-state index contributed by atoms with van der Waals surface area (Å²) in [7, 11) is 0. The molecule has 1 aromatic heterocycles. The van der Waals surface area contributed by atoms with Crippen LogP contribution in [0.2, 0.25) is 0 Å². The van der Waals surface area contributed by atoms with E-state index in [1.807, 2.05) is 0 Å². The van der Waals surface area contributed by atoms with Crippen LogP contribution in [-0.2, 0) is 6.18 Å². The van der Waals surface area contributed by atoms with Crippen LogP contribution >= 0.6 is 0 Å². The fourth-order valence-electron chi connectivity index (χ4n) is 1.72. The third-order valence-corrected chi connectivity index (χ3v) is 2.32. The van der Waals surface area contributed by atoms with Gasteiger partial charge in [-0.25, -0.2) is 4.85 Å². The Hall–Kier alpha value is -1.96. The topological polar surface area (TPSA) is 20.1 Å². The van der Waals surface area contributed by atoms with E-state index in [4.69, 9.17) is 6.57 Å². The number of rotatable bonds is 0. The summed E-state index contributed by atoms with van der Waals surface area (Å²) in [5, 5.41) is 0.0542. The quantitative estimate of drug-likeness (QED) is 0.651. The fourth-order valence-corrected chi connectivity index (χ4v) is 1.72. The lowest BCUT2D eigenvalue weighted by Gasteiger charge is -2.09. The first-order chi connectivity index (χ1) is 7.43. The van der Waals surface area contributed by atoms with Gasteiger partial charge in [0.2, 0.25) is 0 Å². The van der Waals surface area contributed by atoms with Crippen LogP contribution in [0.4, 0.5) is 18.9 Å². The number of fused-ring (bicyclic) bond motifs is 1. The smallest absolute Gasteiger partial charge is 0.359 e. The van der Waals surface area contributed by atoms with Gasteiger partial charge in [-0.3, -0.25) is 0 Å². The molecular weight excluding hydrogens is 217 g/mol. The maximum absolute atomic E-state index is 12.8. The number of aromatic amines is 1. The molecule has 2 nitrogen and oxygen atoms in total. The SMILES string of the molecule is [C-]#[N+]c1ccc2[nH]c(C)cc2c1C(F)(F)F. The highest BCUT2D eigenvalue weighted by Crippen LogP contribution is 2.41. The van der Waals surface area contributed by atoms with Crippen LogP contribution in [0.3, 0.4) is 0 Å². The minimum absolute atomic E-state index is 0.0542. The third-order valence-electron chi connectivity index (χ3n) is 2.32. The van der Waals surface area contributed by atoms with Crippen molar-refractivity contribution < 1.29 is 13.2 Å². The maximum atomic E-state index is 12.8. The molecule has 16 heavy (non-hydrogen) atoms. The molecule has 0 bridgehead atoms. The largest absolute Gasteiger partial charge is 0.408 e. The molecule has 1 N–H and O–H groups in total. The van der Waals surface area contributed by atoms with Crippen LogP contribution in [0, 0.1) is 13.5 Å². The zero-order valence-electron chi connectivity index (χ0n) is 8.31. The molecule has 0 saturated carbocycles. The second-order valence-electron chi connectivity index (χ2n) is 3.48. The van der Waals surface area contributed by atoms with Gasteiger partial charge in [0.25, 0.3) is 0 Å². The second kappa shape index (κ2) is 3.27. The molecule has 5 heteroatoms. The summed E-state index contributed by atoms with van der Waals surface area (Å²) in [5.74, 6) is 0. The highest BCUT2D eigenvalue weighted by molar-refractivity contribution is 5.89. The number of hydrogen-bond donors (Lipinski definition) is 1. The number of nitrogens with zero attached hydrogens (tertiary/aromatic N) is 1. The van der Waals surface area contributed by atoms with E-state index in [0.717, 1.165) is 0 Å². The number of alkyl halides is 3. The van der Waals surface area contributed by atoms with E-state index in [1.54, 1.807) is 6.92 Å². The second-order valence-corrected chi connectivity index (χ2v) is 3.48. The molecule has 0 spiro atoms. The number of aryl methyl sites for hydroxylation is 1. The Morgan fingerprint density at radius 2 is 2.00 bits per heavy atom. The highest BCUT2D eigenvalue weighted by Gasteiger charge is 2.35. The van der Waals surface area contributed by atoms with Gasteiger partial charge in [0.05, 0.1) is 12.1 Å². The Kier molecular flexibility index (Phi) is 2.16. The van der Waals surface area contributed by atoms with Gasteiger partial charge >= 0.3 is 6.18 Å². The van der Waals surface area contributed by atoms with Crippen molar-refractivity contribution in [1.82, 2.24) is 4.98 Å². The Morgan fingerprint density at radius 3 is 2.56 bits per heavy atom. The zero-order valence-corrected chi connectivity index (χ0v) is 8.31. The number of aromatic nitrogens is 1. The van der Waals surface area contributed by atoms with Gasteiger partial charge in [0.15, 0.2) is 5.69 Å². The van der Waals surface area contributed by atoms with Crippen molar-refractivity contribution in [1.29, 1.82) is 0 Å². The predicted molar refractivity (Wildman–Crippen MR) is 54.3 cm³/mol. The molecule has 0 amide bonds. The van der Waals surface area contributed by atoms with Gasteiger partial charge in [-0.05, 0) is 19.1 Å². The highest BCUT2D eigenvalue weighted by atomic mass is 19.4. The molecule has 0 atom stereocenters. The van der Waals surface area contributed by atoms with E-state index in [0.29, 0.717) is 11.2 Å². The van der Waals surface area contributed by atoms with Crippen molar-refractivity contribution in [2.24, 2.45) is 0 Å². The maximum Gasteiger partial charge on any atom is 0.408 e. The van der Waals surface area contributed by atoms with Crippen molar-refractivity contribution in [3.8, 4) is 0 Å². The van der Waals surface area contributed by atoms with Gasteiger partial charge in [-0.2, -0.15) is 13.2 Å². The lowest BCUT2D eigenvalue weighted by atomic mass is 10.1. The number of hydrogen-bond acceptors (Lipinski definition) is 0. The van der Waals surface area contributed by atoms with Crippen LogP contribution < -0.4 is 0 Å². The van der Waals surface area contributed by atoms with Crippen molar-refractivity contribution in [2.75, 3.05) is 0 Å². The monoisotopic (exact) mass is 224 g/mol. The molecule has 0 unspecified atom stereocenters. The van der Waals surface area contributed by atoms with E-state index in [1.165, 1.54) is 18.2 Å². The molecular formula is C11H7F3N2. The fraction of sp³-hybridized carbons (Fsp3) is 0.182. The summed E-state index contributed by atoms with van der Waals surface area (Å²) in [6.45, 7) is 8.44. The van der Waals surface area contributed by atoms with E-state index in [9.17, 15) is 13.2 Å². The van der Waals surface area contributed by atoms with Gasteiger partial charge in [-0.1, -0.05) is 6.07 Å². The molecule has 1 aromatic carbocycles. The van der Waals surface area contributed by atoms with Crippen LogP contribution in [0.1, 0.15) is 11.3 Å². The first-order valence-corrected chi connectivity index (χ1v) is 4.50. The molecule has 2 aromatic rings. The van der Waals surface area contributed by atoms with Gasteiger partial charge in [0, 0.05) is 16.6 Å². The average molecular weight is 224 g/mol. The average Bonchev–Trinajstić information content (AvgIpc) is 2.54. The first kappa shape index (κ1) is 10.6. The summed E-state index contributed by atoms with van der Waals surface area (Å²) < 4.78 is 38.5. The van der Waals surface area contributed by atoms with Crippen LogP contribution in [0.5, 0.6) is 0 Å². The molecule has 0 aliphatic heterocycles. The molecule has 2 rings (SSSR count). The van der Waals surface area contributed by atoms with E-state index in [-0.39, 0.29) is 11.1 Å². The van der Waals surface area contributed by atoms with E-state index >= 15 is 0 Å².